The van der Waals surface area contributed by atoms with Crippen LogP contribution in [0.25, 0.3) is 0 Å². The van der Waals surface area contributed by atoms with Gasteiger partial charge in [0.1, 0.15) is 5.82 Å². The van der Waals surface area contributed by atoms with Gasteiger partial charge in [0.2, 0.25) is 5.91 Å². The quantitative estimate of drug-likeness (QED) is 0.802. The van der Waals surface area contributed by atoms with Crippen LogP contribution in [0.5, 0.6) is 0 Å². The zero-order valence-corrected chi connectivity index (χ0v) is 15.7. The Labute approximate surface area is 160 Å². The first kappa shape index (κ1) is 18.2. The second-order valence-corrected chi connectivity index (χ2v) is 7.90. The summed E-state index contributed by atoms with van der Waals surface area (Å²) in [5, 5.41) is 0. The summed E-state index contributed by atoms with van der Waals surface area (Å²) >= 11 is 0. The molecule has 3 saturated heterocycles. The molecule has 0 radical (unpaired) electrons. The van der Waals surface area contributed by atoms with Crippen LogP contribution in [0.1, 0.15) is 30.4 Å². The highest BCUT2D eigenvalue weighted by atomic mass is 19.1. The molecule has 3 fully saturated rings. The summed E-state index contributed by atoms with van der Waals surface area (Å²) in [6.45, 7) is 3.67. The van der Waals surface area contributed by atoms with Gasteiger partial charge in [-0.3, -0.25) is 9.69 Å². The lowest BCUT2D eigenvalue weighted by molar-refractivity contribution is -0.131. The fourth-order valence-corrected chi connectivity index (χ4v) is 4.50. The Morgan fingerprint density at radius 1 is 0.963 bits per heavy atom. The van der Waals surface area contributed by atoms with Crippen molar-refractivity contribution < 1.29 is 9.18 Å². The highest BCUT2D eigenvalue weighted by molar-refractivity contribution is 5.76. The third-order valence-electron chi connectivity index (χ3n) is 5.97. The van der Waals surface area contributed by atoms with Crippen LogP contribution in [-0.2, 0) is 17.8 Å². The molecule has 0 unspecified atom stereocenters. The average molecular weight is 366 g/mol. The summed E-state index contributed by atoms with van der Waals surface area (Å²) in [4.78, 5) is 17.4. The lowest BCUT2D eigenvalue weighted by Gasteiger charge is -2.36. The number of nitrogens with zero attached hydrogens (tertiary/aromatic N) is 2. The molecule has 2 atom stereocenters. The molecule has 0 spiro atoms. The summed E-state index contributed by atoms with van der Waals surface area (Å²) in [6.07, 6.45) is 3.23. The molecule has 3 heterocycles. The Kier molecular flexibility index (Phi) is 5.53. The molecule has 0 aliphatic carbocycles. The number of aryl methyl sites for hydroxylation is 1. The minimum absolute atomic E-state index is 0.164. The Balaban J connectivity index is 1.38. The predicted molar refractivity (Wildman–Crippen MR) is 105 cm³/mol. The van der Waals surface area contributed by atoms with Gasteiger partial charge in [0.25, 0.3) is 0 Å². The number of benzene rings is 2. The molecule has 2 bridgehead atoms. The third kappa shape index (κ3) is 4.38. The van der Waals surface area contributed by atoms with E-state index in [4.69, 9.17) is 0 Å². The van der Waals surface area contributed by atoms with Crippen molar-refractivity contribution in [3.05, 3.63) is 71.5 Å². The van der Waals surface area contributed by atoms with Crippen molar-refractivity contribution in [1.29, 1.82) is 0 Å². The lowest BCUT2D eigenvalue weighted by atomic mass is 9.94. The van der Waals surface area contributed by atoms with E-state index in [0.717, 1.165) is 32.6 Å². The van der Waals surface area contributed by atoms with Gasteiger partial charge in [0.05, 0.1) is 0 Å². The van der Waals surface area contributed by atoms with Crippen molar-refractivity contribution in [2.24, 2.45) is 5.92 Å². The number of carbonyl (C=O) groups is 1. The Hall–Kier alpha value is -2.20. The molecule has 5 rings (SSSR count). The third-order valence-corrected chi connectivity index (χ3v) is 5.97. The smallest absolute Gasteiger partial charge is 0.222 e. The fraction of sp³-hybridized carbons (Fsp3) is 0.435. The molecule has 4 heteroatoms. The molecule has 2 aromatic rings. The maximum Gasteiger partial charge on any atom is 0.222 e. The summed E-state index contributed by atoms with van der Waals surface area (Å²) in [5.74, 6) is 0.497. The lowest BCUT2D eigenvalue weighted by Crippen LogP contribution is -2.43. The maximum absolute atomic E-state index is 13.8. The van der Waals surface area contributed by atoms with Crippen LogP contribution in [0.2, 0.25) is 0 Å². The average Bonchev–Trinajstić information content (AvgIpc) is 3.00. The van der Waals surface area contributed by atoms with Crippen LogP contribution in [0.4, 0.5) is 4.39 Å². The SMILES string of the molecule is O=C(CCc1ccccc1F)N1C[C@H]2CC[C@@H](C1)N(Cc1ccccc1)C2. The number of rotatable bonds is 5. The molecule has 0 aromatic heterocycles. The van der Waals surface area contributed by atoms with Gasteiger partial charge >= 0.3 is 0 Å². The summed E-state index contributed by atoms with van der Waals surface area (Å²) in [7, 11) is 0. The number of hydrogen-bond acceptors (Lipinski definition) is 2. The molecule has 1 amide bonds. The van der Waals surface area contributed by atoms with E-state index in [1.165, 1.54) is 18.1 Å². The monoisotopic (exact) mass is 366 g/mol. The molecule has 27 heavy (non-hydrogen) atoms. The fourth-order valence-electron chi connectivity index (χ4n) is 4.50. The number of piperidine rings is 1. The highest BCUT2D eigenvalue weighted by Crippen LogP contribution is 2.29. The molecule has 142 valence electrons. The number of fused-ring (bicyclic) bond motifs is 4. The summed E-state index contributed by atoms with van der Waals surface area (Å²) in [5.41, 5.74) is 1.97. The van der Waals surface area contributed by atoms with E-state index in [0.29, 0.717) is 30.4 Å². The first-order chi connectivity index (χ1) is 13.2. The Bertz CT molecular complexity index is 779. The van der Waals surface area contributed by atoms with Crippen LogP contribution < -0.4 is 0 Å². The van der Waals surface area contributed by atoms with E-state index in [9.17, 15) is 9.18 Å². The molecule has 3 aliphatic heterocycles. The standard InChI is InChI=1S/C23H27FN2O/c24-22-9-5-4-8-20(22)11-13-23(27)26-16-19-10-12-21(17-26)25(15-19)14-18-6-2-1-3-7-18/h1-9,19,21H,10-17H2/t19-,21-/m0/s1. The van der Waals surface area contributed by atoms with E-state index >= 15 is 0 Å². The van der Waals surface area contributed by atoms with Gasteiger partial charge in [-0.1, -0.05) is 48.5 Å². The van der Waals surface area contributed by atoms with Gasteiger partial charge < -0.3 is 4.90 Å². The molecule has 3 nitrogen and oxygen atoms in total. The van der Waals surface area contributed by atoms with Crippen LogP contribution in [-0.4, -0.2) is 41.4 Å². The Morgan fingerprint density at radius 2 is 1.74 bits per heavy atom. The minimum atomic E-state index is -0.213. The van der Waals surface area contributed by atoms with Gasteiger partial charge in [-0.25, -0.2) is 4.39 Å². The van der Waals surface area contributed by atoms with Gasteiger partial charge in [0, 0.05) is 38.6 Å². The Morgan fingerprint density at radius 3 is 2.56 bits per heavy atom. The number of halogens is 1. The van der Waals surface area contributed by atoms with Gasteiger partial charge in [-0.15, -0.1) is 0 Å². The van der Waals surface area contributed by atoms with Crippen molar-refractivity contribution in [1.82, 2.24) is 9.80 Å². The van der Waals surface area contributed by atoms with Gasteiger partial charge in [0.15, 0.2) is 0 Å². The van der Waals surface area contributed by atoms with Crippen molar-refractivity contribution in [3.8, 4) is 0 Å². The second-order valence-electron chi connectivity index (χ2n) is 7.90. The molecule has 3 aliphatic rings. The maximum atomic E-state index is 13.8. The van der Waals surface area contributed by atoms with Crippen molar-refractivity contribution in [2.45, 2.75) is 38.3 Å². The first-order valence-corrected chi connectivity index (χ1v) is 9.98. The van der Waals surface area contributed by atoms with E-state index in [-0.39, 0.29) is 11.7 Å². The van der Waals surface area contributed by atoms with Crippen molar-refractivity contribution in [2.75, 3.05) is 19.6 Å². The summed E-state index contributed by atoms with van der Waals surface area (Å²) < 4.78 is 13.8. The van der Waals surface area contributed by atoms with Gasteiger partial charge in [-0.2, -0.15) is 0 Å². The number of carbonyl (C=O) groups excluding carboxylic acids is 1. The molecule has 0 saturated carbocycles. The minimum Gasteiger partial charge on any atom is -0.341 e. The van der Waals surface area contributed by atoms with Gasteiger partial charge in [-0.05, 0) is 42.4 Å². The van der Waals surface area contributed by atoms with Crippen LogP contribution >= 0.6 is 0 Å². The largest absolute Gasteiger partial charge is 0.341 e. The van der Waals surface area contributed by atoms with Crippen LogP contribution in [0.15, 0.2) is 54.6 Å². The molecule has 2 aromatic carbocycles. The van der Waals surface area contributed by atoms with E-state index in [1.54, 1.807) is 12.1 Å². The van der Waals surface area contributed by atoms with E-state index < -0.39 is 0 Å². The molecular weight excluding hydrogens is 339 g/mol. The zero-order valence-electron chi connectivity index (χ0n) is 15.7. The molecule has 0 N–H and O–H groups in total. The van der Waals surface area contributed by atoms with E-state index in [1.807, 2.05) is 17.0 Å². The highest BCUT2D eigenvalue weighted by Gasteiger charge is 2.36. The summed E-state index contributed by atoms with van der Waals surface area (Å²) in [6, 6.07) is 17.8. The number of hydrogen-bond donors (Lipinski definition) is 0. The van der Waals surface area contributed by atoms with Crippen molar-refractivity contribution >= 4 is 5.91 Å². The predicted octanol–water partition coefficient (Wildman–Crippen LogP) is 3.88. The zero-order chi connectivity index (χ0) is 18.6. The normalized spacial score (nSPS) is 22.6. The molecular formula is C23H27FN2O. The first-order valence-electron chi connectivity index (χ1n) is 9.98. The van der Waals surface area contributed by atoms with Crippen molar-refractivity contribution in [3.63, 3.8) is 0 Å². The topological polar surface area (TPSA) is 23.6 Å². The van der Waals surface area contributed by atoms with Crippen LogP contribution in [0.3, 0.4) is 0 Å². The second kappa shape index (κ2) is 8.22. The van der Waals surface area contributed by atoms with Crippen LogP contribution in [0, 0.1) is 11.7 Å². The number of amides is 1. The van der Waals surface area contributed by atoms with E-state index in [2.05, 4.69) is 29.2 Å².